The van der Waals surface area contributed by atoms with Gasteiger partial charge in [-0.3, -0.25) is 4.79 Å². The van der Waals surface area contributed by atoms with Crippen molar-refractivity contribution in [3.8, 4) is 11.5 Å². The Morgan fingerprint density at radius 2 is 1.65 bits per heavy atom. The Morgan fingerprint density at radius 1 is 1.04 bits per heavy atom. The average Bonchev–Trinajstić information content (AvgIpc) is 2.48. The predicted molar refractivity (Wildman–Crippen MR) is 79.0 cm³/mol. The van der Waals surface area contributed by atoms with Crippen molar-refractivity contribution in [1.82, 2.24) is 0 Å². The number of benzene rings is 1. The number of hydrogen-bond acceptors (Lipinski definition) is 8. The first-order valence-corrected chi connectivity index (χ1v) is 6.76. The molecule has 0 aromatic heterocycles. The predicted octanol–water partition coefficient (Wildman–Crippen LogP) is -1.37. The Kier molecular flexibility index (Phi) is 6.49. The van der Waals surface area contributed by atoms with Crippen molar-refractivity contribution in [2.24, 2.45) is 17.2 Å². The van der Waals surface area contributed by atoms with Crippen LogP contribution < -0.4 is 17.2 Å². The van der Waals surface area contributed by atoms with E-state index in [1.807, 2.05) is 0 Å². The van der Waals surface area contributed by atoms with Gasteiger partial charge in [-0.2, -0.15) is 0 Å². The van der Waals surface area contributed by atoms with E-state index in [1.165, 1.54) is 18.2 Å². The molecule has 1 aromatic rings. The lowest BCUT2D eigenvalue weighted by Gasteiger charge is -2.13. The zero-order valence-electron chi connectivity index (χ0n) is 12.3. The number of esters is 2. The molecule has 0 saturated carbocycles. The van der Waals surface area contributed by atoms with Gasteiger partial charge in [0.25, 0.3) is 0 Å². The fraction of sp³-hybridized carbons (Fsp3) is 0.357. The molecule has 0 unspecified atom stereocenters. The second kappa shape index (κ2) is 8.11. The van der Waals surface area contributed by atoms with Crippen LogP contribution in [0.25, 0.3) is 0 Å². The van der Waals surface area contributed by atoms with Gasteiger partial charge < -0.3 is 32.2 Å². The van der Waals surface area contributed by atoms with Crippen LogP contribution in [0.2, 0.25) is 0 Å². The molecule has 0 aliphatic rings. The number of carbonyl (C=O) groups is 3. The lowest BCUT2D eigenvalue weighted by atomic mass is 10.1. The van der Waals surface area contributed by atoms with Gasteiger partial charge in [-0.25, -0.2) is 9.59 Å². The third kappa shape index (κ3) is 5.93. The lowest BCUT2D eigenvalue weighted by molar-refractivity contribution is -0.161. The van der Waals surface area contributed by atoms with E-state index in [2.05, 4.69) is 4.74 Å². The Morgan fingerprint density at radius 3 is 2.22 bits per heavy atom. The summed E-state index contributed by atoms with van der Waals surface area (Å²) < 4.78 is 4.54. The number of rotatable bonds is 7. The van der Waals surface area contributed by atoms with E-state index < -0.39 is 29.9 Å². The van der Waals surface area contributed by atoms with Gasteiger partial charge in [-0.05, 0) is 30.5 Å². The van der Waals surface area contributed by atoms with Crippen molar-refractivity contribution in [2.75, 3.05) is 0 Å². The molecule has 1 aromatic carbocycles. The molecule has 0 saturated heterocycles. The van der Waals surface area contributed by atoms with Gasteiger partial charge in [0.2, 0.25) is 5.91 Å². The monoisotopic (exact) mass is 325 g/mol. The molecule has 0 spiro atoms. The summed E-state index contributed by atoms with van der Waals surface area (Å²) >= 11 is 0. The Hall–Kier alpha value is -2.65. The van der Waals surface area contributed by atoms with Gasteiger partial charge in [0.15, 0.2) is 11.5 Å². The number of phenolic OH excluding ortho intramolecular Hbond substituents is 2. The third-order valence-corrected chi connectivity index (χ3v) is 3.00. The first kappa shape index (κ1) is 18.4. The summed E-state index contributed by atoms with van der Waals surface area (Å²) in [6.07, 6.45) is -0.164. The molecule has 126 valence electrons. The highest BCUT2D eigenvalue weighted by atomic mass is 16.6. The molecule has 0 bridgehead atoms. The lowest BCUT2D eigenvalue weighted by Crippen LogP contribution is -2.40. The van der Waals surface area contributed by atoms with Gasteiger partial charge in [0.1, 0.15) is 12.1 Å². The third-order valence-electron chi connectivity index (χ3n) is 3.00. The molecule has 9 heteroatoms. The molecule has 2 atom stereocenters. The Balaban J connectivity index is 2.54. The number of ether oxygens (including phenoxy) is 1. The van der Waals surface area contributed by atoms with Crippen LogP contribution in [0.4, 0.5) is 0 Å². The SMILES string of the molecule is NC(=O)CC[C@H](N)C(=O)OC(=O)[C@@H](N)Cc1ccc(O)c(O)c1. The quantitative estimate of drug-likeness (QED) is 0.231. The highest BCUT2D eigenvalue weighted by molar-refractivity contribution is 5.91. The Bertz CT molecular complexity index is 604. The van der Waals surface area contributed by atoms with Crippen molar-refractivity contribution >= 4 is 17.8 Å². The zero-order valence-corrected chi connectivity index (χ0v) is 12.3. The summed E-state index contributed by atoms with van der Waals surface area (Å²) in [4.78, 5) is 33.9. The smallest absolute Gasteiger partial charge is 0.330 e. The number of carbonyl (C=O) groups excluding carboxylic acids is 3. The van der Waals surface area contributed by atoms with Crippen LogP contribution in [-0.2, 0) is 25.5 Å². The van der Waals surface area contributed by atoms with E-state index in [4.69, 9.17) is 17.2 Å². The maximum Gasteiger partial charge on any atom is 0.330 e. The number of primary amides is 1. The minimum absolute atomic E-state index is 0.0174. The van der Waals surface area contributed by atoms with Crippen molar-refractivity contribution in [3.63, 3.8) is 0 Å². The highest BCUT2D eigenvalue weighted by Gasteiger charge is 2.23. The fourth-order valence-corrected chi connectivity index (χ4v) is 1.70. The summed E-state index contributed by atoms with van der Waals surface area (Å²) in [7, 11) is 0. The van der Waals surface area contributed by atoms with Gasteiger partial charge in [-0.15, -0.1) is 0 Å². The molecule has 0 radical (unpaired) electrons. The molecule has 0 aliphatic carbocycles. The fourth-order valence-electron chi connectivity index (χ4n) is 1.70. The maximum absolute atomic E-state index is 11.7. The van der Waals surface area contributed by atoms with Crippen LogP contribution >= 0.6 is 0 Å². The van der Waals surface area contributed by atoms with E-state index in [0.29, 0.717) is 5.56 Å². The molecule has 1 amide bonds. The summed E-state index contributed by atoms with van der Waals surface area (Å²) in [5.41, 5.74) is 16.5. The average molecular weight is 325 g/mol. The van der Waals surface area contributed by atoms with Crippen molar-refractivity contribution in [3.05, 3.63) is 23.8 Å². The van der Waals surface area contributed by atoms with E-state index in [1.54, 1.807) is 0 Å². The molecular weight excluding hydrogens is 306 g/mol. The van der Waals surface area contributed by atoms with E-state index >= 15 is 0 Å². The molecule has 1 rings (SSSR count). The second-order valence-electron chi connectivity index (χ2n) is 4.99. The molecule has 0 aliphatic heterocycles. The maximum atomic E-state index is 11.7. The van der Waals surface area contributed by atoms with Crippen molar-refractivity contribution in [2.45, 2.75) is 31.3 Å². The number of phenols is 2. The van der Waals surface area contributed by atoms with E-state index in [9.17, 15) is 24.6 Å². The van der Waals surface area contributed by atoms with Crippen LogP contribution in [0.3, 0.4) is 0 Å². The summed E-state index contributed by atoms with van der Waals surface area (Å²) in [5, 5.41) is 18.6. The summed E-state index contributed by atoms with van der Waals surface area (Å²) in [5.74, 6) is -3.27. The van der Waals surface area contributed by atoms with Gasteiger partial charge in [-0.1, -0.05) is 6.07 Å². The van der Waals surface area contributed by atoms with Gasteiger partial charge >= 0.3 is 11.9 Å². The molecule has 9 nitrogen and oxygen atoms in total. The second-order valence-corrected chi connectivity index (χ2v) is 4.99. The largest absolute Gasteiger partial charge is 0.504 e. The van der Waals surface area contributed by atoms with Crippen LogP contribution in [0.5, 0.6) is 11.5 Å². The van der Waals surface area contributed by atoms with Gasteiger partial charge in [0, 0.05) is 6.42 Å². The minimum atomic E-state index is -1.16. The summed E-state index contributed by atoms with van der Waals surface area (Å²) in [6, 6.07) is 1.63. The van der Waals surface area contributed by atoms with Gasteiger partial charge in [0.05, 0.1) is 0 Å². The minimum Gasteiger partial charge on any atom is -0.504 e. The van der Waals surface area contributed by atoms with Crippen LogP contribution in [-0.4, -0.2) is 40.1 Å². The van der Waals surface area contributed by atoms with Crippen LogP contribution in [0.1, 0.15) is 18.4 Å². The highest BCUT2D eigenvalue weighted by Crippen LogP contribution is 2.25. The van der Waals surface area contributed by atoms with Crippen molar-refractivity contribution in [1.29, 1.82) is 0 Å². The molecule has 23 heavy (non-hydrogen) atoms. The molecule has 0 fully saturated rings. The van der Waals surface area contributed by atoms with Crippen LogP contribution in [0.15, 0.2) is 18.2 Å². The standard InChI is InChI=1S/C14H19N3O6/c15-8(2-4-12(17)20)13(21)23-14(22)9(16)5-7-1-3-10(18)11(19)6-7/h1,3,6,8-9,18-19H,2,4-5,15-16H2,(H2,17,20)/t8-,9-/m0/s1. The first-order valence-electron chi connectivity index (χ1n) is 6.76. The zero-order chi connectivity index (χ0) is 17.6. The molecular formula is C14H19N3O6. The summed E-state index contributed by atoms with van der Waals surface area (Å²) in [6.45, 7) is 0. The number of nitrogens with two attached hydrogens (primary N) is 3. The number of hydrogen-bond donors (Lipinski definition) is 5. The van der Waals surface area contributed by atoms with E-state index in [0.717, 1.165) is 0 Å². The topological polar surface area (TPSA) is 179 Å². The number of amides is 1. The number of aromatic hydroxyl groups is 2. The van der Waals surface area contributed by atoms with Crippen molar-refractivity contribution < 1.29 is 29.3 Å². The first-order chi connectivity index (χ1) is 10.7. The molecule has 0 heterocycles. The normalized spacial score (nSPS) is 13.1. The van der Waals surface area contributed by atoms with Crippen LogP contribution in [0, 0.1) is 0 Å². The molecule has 8 N–H and O–H groups in total. The Labute approximate surface area is 132 Å². The van der Waals surface area contributed by atoms with E-state index in [-0.39, 0.29) is 30.8 Å².